The SMILES string of the molecule is CCC1(C(=O)Cc2cc(Cl)ccc2OC)CCCC1. The van der Waals surface area contributed by atoms with E-state index in [9.17, 15) is 4.79 Å². The zero-order valence-electron chi connectivity index (χ0n) is 11.7. The van der Waals surface area contributed by atoms with Crippen LogP contribution in [0.2, 0.25) is 5.02 Å². The highest BCUT2D eigenvalue weighted by molar-refractivity contribution is 6.30. The minimum absolute atomic E-state index is 0.104. The maximum absolute atomic E-state index is 12.6. The maximum Gasteiger partial charge on any atom is 0.143 e. The largest absolute Gasteiger partial charge is 0.496 e. The number of hydrogen-bond donors (Lipinski definition) is 0. The van der Waals surface area contributed by atoms with Crippen molar-refractivity contribution in [1.29, 1.82) is 0 Å². The van der Waals surface area contributed by atoms with Crippen LogP contribution in [0.25, 0.3) is 0 Å². The lowest BCUT2D eigenvalue weighted by molar-refractivity contribution is -0.128. The van der Waals surface area contributed by atoms with Crippen LogP contribution in [0.5, 0.6) is 5.75 Å². The molecule has 0 bridgehead atoms. The highest BCUT2D eigenvalue weighted by atomic mass is 35.5. The minimum Gasteiger partial charge on any atom is -0.496 e. The van der Waals surface area contributed by atoms with Gasteiger partial charge >= 0.3 is 0 Å². The molecule has 0 spiro atoms. The Morgan fingerprint density at radius 1 is 1.37 bits per heavy atom. The third kappa shape index (κ3) is 2.94. The van der Waals surface area contributed by atoms with E-state index in [0.29, 0.717) is 17.2 Å². The van der Waals surface area contributed by atoms with Crippen molar-refractivity contribution in [3.8, 4) is 5.75 Å². The average molecular weight is 281 g/mol. The van der Waals surface area contributed by atoms with Crippen LogP contribution in [0.15, 0.2) is 18.2 Å². The van der Waals surface area contributed by atoms with Crippen molar-refractivity contribution < 1.29 is 9.53 Å². The number of rotatable bonds is 5. The molecule has 0 N–H and O–H groups in total. The van der Waals surface area contributed by atoms with Gasteiger partial charge in [0, 0.05) is 22.4 Å². The Hall–Kier alpha value is -1.02. The third-order valence-corrected chi connectivity index (χ3v) is 4.66. The first-order valence-corrected chi connectivity index (χ1v) is 7.35. The topological polar surface area (TPSA) is 26.3 Å². The molecule has 0 aliphatic heterocycles. The standard InChI is InChI=1S/C16H21ClO2/c1-3-16(8-4-5-9-16)15(18)11-12-10-13(17)6-7-14(12)19-2/h6-7,10H,3-5,8-9,11H2,1-2H3. The number of halogens is 1. The Morgan fingerprint density at radius 3 is 2.63 bits per heavy atom. The summed E-state index contributed by atoms with van der Waals surface area (Å²) in [6.07, 6.45) is 5.78. The molecule has 1 aliphatic carbocycles. The van der Waals surface area contributed by atoms with E-state index in [1.165, 1.54) is 12.8 Å². The molecule has 0 aromatic heterocycles. The van der Waals surface area contributed by atoms with Crippen molar-refractivity contribution in [3.05, 3.63) is 28.8 Å². The number of methoxy groups -OCH3 is 1. The van der Waals surface area contributed by atoms with Gasteiger partial charge in [-0.05, 0) is 37.5 Å². The summed E-state index contributed by atoms with van der Waals surface area (Å²) in [5, 5.41) is 0.653. The molecule has 1 aliphatic rings. The molecule has 0 atom stereocenters. The fraction of sp³-hybridized carbons (Fsp3) is 0.562. The Balaban J connectivity index is 2.20. The summed E-state index contributed by atoms with van der Waals surface area (Å²) in [4.78, 5) is 12.6. The van der Waals surface area contributed by atoms with E-state index < -0.39 is 0 Å². The number of carbonyl (C=O) groups excluding carboxylic acids is 1. The molecule has 0 radical (unpaired) electrons. The van der Waals surface area contributed by atoms with Crippen molar-refractivity contribution in [2.75, 3.05) is 7.11 Å². The summed E-state index contributed by atoms with van der Waals surface area (Å²) in [5.74, 6) is 1.09. The van der Waals surface area contributed by atoms with Crippen molar-refractivity contribution in [1.82, 2.24) is 0 Å². The smallest absolute Gasteiger partial charge is 0.143 e. The van der Waals surface area contributed by atoms with Crippen molar-refractivity contribution in [2.45, 2.75) is 45.4 Å². The fourth-order valence-electron chi connectivity index (χ4n) is 3.13. The van der Waals surface area contributed by atoms with Crippen LogP contribution in [0.3, 0.4) is 0 Å². The molecule has 1 saturated carbocycles. The van der Waals surface area contributed by atoms with E-state index in [1.54, 1.807) is 13.2 Å². The molecule has 0 amide bonds. The average Bonchev–Trinajstić information content (AvgIpc) is 2.89. The van der Waals surface area contributed by atoms with E-state index in [1.807, 2.05) is 12.1 Å². The summed E-state index contributed by atoms with van der Waals surface area (Å²) in [6, 6.07) is 5.47. The third-order valence-electron chi connectivity index (χ3n) is 4.42. The molecule has 1 fully saturated rings. The summed E-state index contributed by atoms with van der Waals surface area (Å²) in [7, 11) is 1.63. The lowest BCUT2D eigenvalue weighted by Gasteiger charge is -2.26. The van der Waals surface area contributed by atoms with Crippen molar-refractivity contribution in [3.63, 3.8) is 0 Å². The van der Waals surface area contributed by atoms with Crippen molar-refractivity contribution >= 4 is 17.4 Å². The predicted octanol–water partition coefficient (Wildman–Crippen LogP) is 4.43. The first-order chi connectivity index (χ1) is 9.11. The molecule has 0 unspecified atom stereocenters. The van der Waals surface area contributed by atoms with Gasteiger partial charge in [-0.3, -0.25) is 4.79 Å². The summed E-state index contributed by atoms with van der Waals surface area (Å²) in [6.45, 7) is 2.12. The van der Waals surface area contributed by atoms with E-state index in [-0.39, 0.29) is 5.41 Å². The zero-order chi connectivity index (χ0) is 13.9. The number of Topliss-reactive ketones (excluding diaryl/α,β-unsaturated/α-hetero) is 1. The van der Waals surface area contributed by atoms with Crippen LogP contribution in [0.1, 0.15) is 44.6 Å². The first kappa shape index (κ1) is 14.4. The number of hydrogen-bond acceptors (Lipinski definition) is 2. The Morgan fingerprint density at radius 2 is 2.05 bits per heavy atom. The molecule has 19 heavy (non-hydrogen) atoms. The van der Waals surface area contributed by atoms with E-state index >= 15 is 0 Å². The van der Waals surface area contributed by atoms with Crippen LogP contribution < -0.4 is 4.74 Å². The van der Waals surface area contributed by atoms with Gasteiger partial charge in [0.15, 0.2) is 0 Å². The van der Waals surface area contributed by atoms with Crippen molar-refractivity contribution in [2.24, 2.45) is 5.41 Å². The Bertz CT molecular complexity index is 462. The normalized spacial score (nSPS) is 17.4. The molecule has 0 saturated heterocycles. The minimum atomic E-state index is -0.104. The maximum atomic E-state index is 12.6. The van der Waals surface area contributed by atoms with Crippen LogP contribution in [0, 0.1) is 5.41 Å². The lowest BCUT2D eigenvalue weighted by Crippen LogP contribution is -2.28. The monoisotopic (exact) mass is 280 g/mol. The number of benzene rings is 1. The second-order valence-electron chi connectivity index (χ2n) is 5.40. The number of ether oxygens (including phenoxy) is 1. The molecule has 1 aromatic rings. The van der Waals surface area contributed by atoms with Gasteiger partial charge in [-0.15, -0.1) is 0 Å². The van der Waals surface area contributed by atoms with E-state index in [2.05, 4.69) is 6.92 Å². The molecule has 3 heteroatoms. The van der Waals surface area contributed by atoms with Crippen LogP contribution in [0.4, 0.5) is 0 Å². The molecule has 2 nitrogen and oxygen atoms in total. The molecule has 1 aromatic carbocycles. The highest BCUT2D eigenvalue weighted by Crippen LogP contribution is 2.43. The zero-order valence-corrected chi connectivity index (χ0v) is 12.4. The van der Waals surface area contributed by atoms with Gasteiger partial charge < -0.3 is 4.74 Å². The number of carbonyl (C=O) groups is 1. The lowest BCUT2D eigenvalue weighted by atomic mass is 9.77. The van der Waals surface area contributed by atoms with Gasteiger partial charge in [-0.25, -0.2) is 0 Å². The van der Waals surface area contributed by atoms with Gasteiger partial charge in [0.1, 0.15) is 11.5 Å². The van der Waals surface area contributed by atoms with Gasteiger partial charge in [-0.2, -0.15) is 0 Å². The van der Waals surface area contributed by atoms with E-state index in [4.69, 9.17) is 16.3 Å². The Kier molecular flexibility index (Phi) is 4.51. The van der Waals surface area contributed by atoms with Gasteiger partial charge in [-0.1, -0.05) is 31.4 Å². The molecule has 2 rings (SSSR count). The molecular formula is C16H21ClO2. The Labute approximate surface area is 120 Å². The second kappa shape index (κ2) is 5.96. The molecule has 104 valence electrons. The van der Waals surface area contributed by atoms with Gasteiger partial charge in [0.05, 0.1) is 7.11 Å². The van der Waals surface area contributed by atoms with E-state index in [0.717, 1.165) is 30.6 Å². The summed E-state index contributed by atoms with van der Waals surface area (Å²) in [5.41, 5.74) is 0.799. The highest BCUT2D eigenvalue weighted by Gasteiger charge is 2.38. The van der Waals surface area contributed by atoms with Crippen LogP contribution in [-0.4, -0.2) is 12.9 Å². The second-order valence-corrected chi connectivity index (χ2v) is 5.83. The van der Waals surface area contributed by atoms with Crippen LogP contribution in [-0.2, 0) is 11.2 Å². The predicted molar refractivity (Wildman–Crippen MR) is 77.9 cm³/mol. The van der Waals surface area contributed by atoms with Gasteiger partial charge in [0.25, 0.3) is 0 Å². The summed E-state index contributed by atoms with van der Waals surface area (Å²) < 4.78 is 5.32. The quantitative estimate of drug-likeness (QED) is 0.797. The summed E-state index contributed by atoms with van der Waals surface area (Å²) >= 11 is 6.02. The first-order valence-electron chi connectivity index (χ1n) is 6.97. The fourth-order valence-corrected chi connectivity index (χ4v) is 3.32. The molecule has 0 heterocycles. The number of ketones is 1. The molecular weight excluding hydrogens is 260 g/mol. The van der Waals surface area contributed by atoms with Crippen LogP contribution >= 0.6 is 11.6 Å². The van der Waals surface area contributed by atoms with Gasteiger partial charge in [0.2, 0.25) is 0 Å².